The van der Waals surface area contributed by atoms with Crippen molar-refractivity contribution in [2.24, 2.45) is 5.73 Å². The molecule has 0 aliphatic rings. The summed E-state index contributed by atoms with van der Waals surface area (Å²) in [4.78, 5) is 4.07. The van der Waals surface area contributed by atoms with Gasteiger partial charge in [-0.05, 0) is 35.4 Å². The maximum absolute atomic E-state index is 5.67. The third kappa shape index (κ3) is 3.28. The Labute approximate surface area is 109 Å². The number of hydrogen-bond donors (Lipinski definition) is 2. The Bertz CT molecular complexity index is 500. The summed E-state index contributed by atoms with van der Waals surface area (Å²) in [6, 6.07) is 10.1. The average molecular weight is 292 g/mol. The van der Waals surface area contributed by atoms with E-state index in [2.05, 4.69) is 26.2 Å². The van der Waals surface area contributed by atoms with Crippen LogP contribution in [0.15, 0.2) is 47.2 Å². The molecule has 0 saturated carbocycles. The predicted octanol–water partition coefficient (Wildman–Crippen LogP) is 2.91. The van der Waals surface area contributed by atoms with Crippen LogP contribution < -0.4 is 11.1 Å². The molecule has 0 bridgehead atoms. The van der Waals surface area contributed by atoms with E-state index in [9.17, 15) is 0 Å². The first-order chi connectivity index (χ1) is 8.29. The number of aromatic nitrogens is 1. The van der Waals surface area contributed by atoms with E-state index in [-0.39, 0.29) is 0 Å². The SMILES string of the molecule is NCc1cnccc1CNc1cccc(Br)c1. The molecule has 0 aliphatic heterocycles. The zero-order chi connectivity index (χ0) is 12.1. The number of nitrogens with one attached hydrogen (secondary N) is 1. The molecule has 0 radical (unpaired) electrons. The normalized spacial score (nSPS) is 10.2. The van der Waals surface area contributed by atoms with Crippen molar-refractivity contribution in [3.8, 4) is 0 Å². The van der Waals surface area contributed by atoms with Crippen LogP contribution in [0.4, 0.5) is 5.69 Å². The van der Waals surface area contributed by atoms with Crippen LogP contribution in [-0.4, -0.2) is 4.98 Å². The van der Waals surface area contributed by atoms with Gasteiger partial charge in [0.05, 0.1) is 0 Å². The molecule has 1 heterocycles. The van der Waals surface area contributed by atoms with Crippen molar-refractivity contribution < 1.29 is 0 Å². The molecule has 0 spiro atoms. The molecule has 2 aromatic rings. The first kappa shape index (κ1) is 12.1. The molecule has 1 aromatic heterocycles. The lowest BCUT2D eigenvalue weighted by molar-refractivity contribution is 0.987. The maximum Gasteiger partial charge on any atom is 0.0405 e. The van der Waals surface area contributed by atoms with Crippen molar-refractivity contribution in [1.29, 1.82) is 0 Å². The van der Waals surface area contributed by atoms with Gasteiger partial charge in [0.15, 0.2) is 0 Å². The number of benzene rings is 1. The second kappa shape index (κ2) is 5.80. The molecule has 0 amide bonds. The molecule has 17 heavy (non-hydrogen) atoms. The second-order valence-corrected chi connectivity index (χ2v) is 4.63. The minimum absolute atomic E-state index is 0.517. The Balaban J connectivity index is 2.07. The molecule has 3 N–H and O–H groups in total. The number of pyridine rings is 1. The minimum atomic E-state index is 0.517. The number of anilines is 1. The van der Waals surface area contributed by atoms with E-state index in [4.69, 9.17) is 5.73 Å². The fraction of sp³-hybridized carbons (Fsp3) is 0.154. The highest BCUT2D eigenvalue weighted by Gasteiger charge is 2.00. The fourth-order valence-corrected chi connectivity index (χ4v) is 2.01. The Hall–Kier alpha value is -1.39. The molecule has 0 atom stereocenters. The van der Waals surface area contributed by atoms with Gasteiger partial charge in [0.2, 0.25) is 0 Å². The molecule has 0 aliphatic carbocycles. The van der Waals surface area contributed by atoms with E-state index in [1.54, 1.807) is 6.20 Å². The summed E-state index contributed by atoms with van der Waals surface area (Å²) in [6.07, 6.45) is 3.61. The lowest BCUT2D eigenvalue weighted by Crippen LogP contribution is -2.06. The highest BCUT2D eigenvalue weighted by Crippen LogP contribution is 2.17. The van der Waals surface area contributed by atoms with Crippen LogP contribution in [0.25, 0.3) is 0 Å². The first-order valence-electron chi connectivity index (χ1n) is 5.41. The van der Waals surface area contributed by atoms with Crippen molar-refractivity contribution in [1.82, 2.24) is 4.98 Å². The summed E-state index contributed by atoms with van der Waals surface area (Å²) < 4.78 is 1.07. The quantitative estimate of drug-likeness (QED) is 0.911. The number of nitrogens with zero attached hydrogens (tertiary/aromatic N) is 1. The minimum Gasteiger partial charge on any atom is -0.381 e. The van der Waals surface area contributed by atoms with Gasteiger partial charge in [-0.2, -0.15) is 0 Å². The van der Waals surface area contributed by atoms with Crippen molar-refractivity contribution in [3.63, 3.8) is 0 Å². The van der Waals surface area contributed by atoms with Crippen LogP contribution in [0.2, 0.25) is 0 Å². The topological polar surface area (TPSA) is 50.9 Å². The van der Waals surface area contributed by atoms with Crippen molar-refractivity contribution >= 4 is 21.6 Å². The van der Waals surface area contributed by atoms with Gasteiger partial charge in [-0.25, -0.2) is 0 Å². The summed E-state index contributed by atoms with van der Waals surface area (Å²) in [5.74, 6) is 0. The summed E-state index contributed by atoms with van der Waals surface area (Å²) >= 11 is 3.45. The summed E-state index contributed by atoms with van der Waals surface area (Å²) in [7, 11) is 0. The number of nitrogens with two attached hydrogens (primary N) is 1. The molecular formula is C13H14BrN3. The van der Waals surface area contributed by atoms with Crippen molar-refractivity contribution in [2.45, 2.75) is 13.1 Å². The van der Waals surface area contributed by atoms with E-state index < -0.39 is 0 Å². The summed E-state index contributed by atoms with van der Waals surface area (Å²) in [5, 5.41) is 3.36. The van der Waals surface area contributed by atoms with Crippen LogP contribution in [0.3, 0.4) is 0 Å². The zero-order valence-electron chi connectivity index (χ0n) is 9.36. The van der Waals surface area contributed by atoms with E-state index in [1.807, 2.05) is 36.5 Å². The number of halogens is 1. The van der Waals surface area contributed by atoms with E-state index in [0.29, 0.717) is 6.54 Å². The molecule has 0 saturated heterocycles. The zero-order valence-corrected chi connectivity index (χ0v) is 10.9. The van der Waals surface area contributed by atoms with E-state index in [1.165, 1.54) is 5.56 Å². The molecule has 1 aromatic carbocycles. The second-order valence-electron chi connectivity index (χ2n) is 3.71. The number of hydrogen-bond acceptors (Lipinski definition) is 3. The Morgan fingerprint density at radius 3 is 2.88 bits per heavy atom. The molecule has 0 fully saturated rings. The Morgan fingerprint density at radius 2 is 2.12 bits per heavy atom. The third-order valence-corrected chi connectivity index (χ3v) is 3.03. The van der Waals surface area contributed by atoms with Crippen LogP contribution in [0.5, 0.6) is 0 Å². The highest BCUT2D eigenvalue weighted by molar-refractivity contribution is 9.10. The van der Waals surface area contributed by atoms with E-state index >= 15 is 0 Å². The van der Waals surface area contributed by atoms with Gasteiger partial charge < -0.3 is 11.1 Å². The van der Waals surface area contributed by atoms with Gasteiger partial charge in [-0.1, -0.05) is 22.0 Å². The molecule has 0 unspecified atom stereocenters. The number of rotatable bonds is 4. The van der Waals surface area contributed by atoms with Gasteiger partial charge >= 0.3 is 0 Å². The largest absolute Gasteiger partial charge is 0.381 e. The van der Waals surface area contributed by atoms with Gasteiger partial charge in [-0.3, -0.25) is 4.98 Å². The molecule has 3 nitrogen and oxygen atoms in total. The predicted molar refractivity (Wildman–Crippen MR) is 73.6 cm³/mol. The van der Waals surface area contributed by atoms with Gasteiger partial charge in [0.25, 0.3) is 0 Å². The Kier molecular flexibility index (Phi) is 4.12. The smallest absolute Gasteiger partial charge is 0.0405 e. The standard InChI is InChI=1S/C13H14BrN3/c14-12-2-1-3-13(6-12)17-9-10-4-5-16-8-11(10)7-15/h1-6,8,17H,7,9,15H2. The molecule has 2 rings (SSSR count). The summed E-state index contributed by atoms with van der Waals surface area (Å²) in [6.45, 7) is 1.27. The third-order valence-electron chi connectivity index (χ3n) is 2.53. The summed E-state index contributed by atoms with van der Waals surface area (Å²) in [5.41, 5.74) is 9.01. The first-order valence-corrected chi connectivity index (χ1v) is 6.20. The van der Waals surface area contributed by atoms with Gasteiger partial charge in [0, 0.05) is 35.6 Å². The molecular weight excluding hydrogens is 278 g/mol. The molecule has 88 valence electrons. The average Bonchev–Trinajstić information content (AvgIpc) is 2.37. The van der Waals surface area contributed by atoms with Gasteiger partial charge in [0.1, 0.15) is 0 Å². The lowest BCUT2D eigenvalue weighted by Gasteiger charge is -2.09. The maximum atomic E-state index is 5.67. The monoisotopic (exact) mass is 291 g/mol. The van der Waals surface area contributed by atoms with Crippen LogP contribution in [-0.2, 0) is 13.1 Å². The van der Waals surface area contributed by atoms with Crippen molar-refractivity contribution in [2.75, 3.05) is 5.32 Å². The Morgan fingerprint density at radius 1 is 1.24 bits per heavy atom. The fourth-order valence-electron chi connectivity index (χ4n) is 1.61. The van der Waals surface area contributed by atoms with Crippen LogP contribution >= 0.6 is 15.9 Å². The van der Waals surface area contributed by atoms with Crippen LogP contribution in [0.1, 0.15) is 11.1 Å². The van der Waals surface area contributed by atoms with Gasteiger partial charge in [-0.15, -0.1) is 0 Å². The lowest BCUT2D eigenvalue weighted by atomic mass is 10.1. The molecule has 4 heteroatoms. The van der Waals surface area contributed by atoms with Crippen LogP contribution in [0, 0.1) is 0 Å². The van der Waals surface area contributed by atoms with E-state index in [0.717, 1.165) is 22.3 Å². The highest BCUT2D eigenvalue weighted by atomic mass is 79.9. The van der Waals surface area contributed by atoms with Crippen molar-refractivity contribution in [3.05, 3.63) is 58.3 Å².